The third kappa shape index (κ3) is 5.19. The van der Waals surface area contributed by atoms with Gasteiger partial charge in [0.15, 0.2) is 6.61 Å². The molecule has 100 valence electrons. The van der Waals surface area contributed by atoms with Gasteiger partial charge < -0.3 is 15.8 Å². The number of carbonyl (C=O) groups excluding carboxylic acids is 1. The Morgan fingerprint density at radius 3 is 2.61 bits per heavy atom. The molecule has 0 saturated carbocycles. The maximum Gasteiger partial charge on any atom is 0.257 e. The highest BCUT2D eigenvalue weighted by Crippen LogP contribution is 2.11. The Kier molecular flexibility index (Phi) is 6.22. The highest BCUT2D eigenvalue weighted by molar-refractivity contribution is 5.77. The van der Waals surface area contributed by atoms with E-state index in [4.69, 9.17) is 10.5 Å². The summed E-state index contributed by atoms with van der Waals surface area (Å²) in [5.74, 6) is 1.10. The van der Waals surface area contributed by atoms with Crippen molar-refractivity contribution < 1.29 is 9.53 Å². The highest BCUT2D eigenvalue weighted by atomic mass is 16.5. The van der Waals surface area contributed by atoms with E-state index in [0.717, 1.165) is 12.0 Å². The predicted octanol–water partition coefficient (Wildman–Crippen LogP) is 1.69. The Morgan fingerprint density at radius 2 is 2.06 bits per heavy atom. The molecular weight excluding hydrogens is 228 g/mol. The molecule has 1 unspecified atom stereocenters. The second kappa shape index (κ2) is 7.71. The molecule has 0 fully saturated rings. The van der Waals surface area contributed by atoms with E-state index in [1.807, 2.05) is 24.3 Å². The average molecular weight is 250 g/mol. The van der Waals surface area contributed by atoms with Crippen LogP contribution in [0.1, 0.15) is 25.8 Å². The van der Waals surface area contributed by atoms with Gasteiger partial charge >= 0.3 is 0 Å². The molecule has 0 aromatic heterocycles. The zero-order chi connectivity index (χ0) is 13.4. The maximum atomic E-state index is 11.5. The van der Waals surface area contributed by atoms with Gasteiger partial charge in [0.1, 0.15) is 5.75 Å². The molecule has 0 bridgehead atoms. The lowest BCUT2D eigenvalue weighted by Gasteiger charge is -2.11. The molecule has 1 aromatic rings. The van der Waals surface area contributed by atoms with Crippen LogP contribution in [0, 0.1) is 5.92 Å². The third-order valence-corrected chi connectivity index (χ3v) is 2.87. The molecule has 1 aromatic carbocycles. The molecule has 1 rings (SSSR count). The van der Waals surface area contributed by atoms with Crippen molar-refractivity contribution in [2.75, 3.05) is 13.2 Å². The van der Waals surface area contributed by atoms with Crippen molar-refractivity contribution in [1.29, 1.82) is 0 Å². The van der Waals surface area contributed by atoms with E-state index in [0.29, 0.717) is 24.8 Å². The van der Waals surface area contributed by atoms with Crippen LogP contribution in [0.15, 0.2) is 24.3 Å². The van der Waals surface area contributed by atoms with Crippen LogP contribution in [0.2, 0.25) is 0 Å². The number of rotatable bonds is 7. The van der Waals surface area contributed by atoms with Crippen LogP contribution in [0.25, 0.3) is 0 Å². The van der Waals surface area contributed by atoms with Crippen LogP contribution in [-0.2, 0) is 11.3 Å². The van der Waals surface area contributed by atoms with Crippen molar-refractivity contribution in [3.63, 3.8) is 0 Å². The van der Waals surface area contributed by atoms with E-state index < -0.39 is 0 Å². The summed E-state index contributed by atoms with van der Waals surface area (Å²) in [6.45, 7) is 5.47. The first-order chi connectivity index (χ1) is 8.65. The van der Waals surface area contributed by atoms with Gasteiger partial charge in [-0.05, 0) is 23.6 Å². The molecule has 0 aliphatic carbocycles. The quantitative estimate of drug-likeness (QED) is 0.774. The molecule has 0 aliphatic rings. The minimum atomic E-state index is -0.0850. The fourth-order valence-corrected chi connectivity index (χ4v) is 1.35. The van der Waals surface area contributed by atoms with E-state index in [1.165, 1.54) is 0 Å². The van der Waals surface area contributed by atoms with Crippen molar-refractivity contribution in [3.8, 4) is 5.75 Å². The molecule has 0 radical (unpaired) electrons. The van der Waals surface area contributed by atoms with Gasteiger partial charge in [0.05, 0.1) is 0 Å². The minimum Gasteiger partial charge on any atom is -0.484 e. The SMILES string of the molecule is CCC(C)CNC(=O)COc1ccc(CN)cc1. The van der Waals surface area contributed by atoms with Crippen molar-refractivity contribution in [2.24, 2.45) is 11.7 Å². The molecule has 0 spiro atoms. The molecule has 4 heteroatoms. The molecule has 0 heterocycles. The number of nitrogens with one attached hydrogen (secondary N) is 1. The van der Waals surface area contributed by atoms with Crippen LogP contribution < -0.4 is 15.8 Å². The number of nitrogens with two attached hydrogens (primary N) is 1. The Balaban J connectivity index is 2.29. The fourth-order valence-electron chi connectivity index (χ4n) is 1.35. The summed E-state index contributed by atoms with van der Waals surface area (Å²) in [7, 11) is 0. The van der Waals surface area contributed by atoms with Gasteiger partial charge in [-0.15, -0.1) is 0 Å². The Hall–Kier alpha value is -1.55. The first-order valence-electron chi connectivity index (χ1n) is 6.34. The number of ether oxygens (including phenoxy) is 1. The summed E-state index contributed by atoms with van der Waals surface area (Å²) in [5.41, 5.74) is 6.54. The summed E-state index contributed by atoms with van der Waals surface area (Å²) in [4.78, 5) is 11.5. The van der Waals surface area contributed by atoms with E-state index >= 15 is 0 Å². The van der Waals surface area contributed by atoms with E-state index in [-0.39, 0.29) is 12.5 Å². The predicted molar refractivity (Wildman–Crippen MR) is 72.3 cm³/mol. The molecular formula is C14H22N2O2. The molecule has 0 aliphatic heterocycles. The molecule has 3 N–H and O–H groups in total. The highest BCUT2D eigenvalue weighted by Gasteiger charge is 2.04. The van der Waals surface area contributed by atoms with Crippen LogP contribution in [0.3, 0.4) is 0 Å². The largest absolute Gasteiger partial charge is 0.484 e. The zero-order valence-electron chi connectivity index (χ0n) is 11.1. The Labute approximate surface area is 109 Å². The van der Waals surface area contributed by atoms with Gasteiger partial charge in [0.25, 0.3) is 5.91 Å². The fraction of sp³-hybridized carbons (Fsp3) is 0.500. The average Bonchev–Trinajstić information content (AvgIpc) is 2.42. The smallest absolute Gasteiger partial charge is 0.257 e. The lowest BCUT2D eigenvalue weighted by molar-refractivity contribution is -0.123. The number of hydrogen-bond donors (Lipinski definition) is 2. The van der Waals surface area contributed by atoms with Gasteiger partial charge in [-0.25, -0.2) is 0 Å². The van der Waals surface area contributed by atoms with Crippen molar-refractivity contribution in [1.82, 2.24) is 5.32 Å². The standard InChI is InChI=1S/C14H22N2O2/c1-3-11(2)9-16-14(17)10-18-13-6-4-12(8-15)5-7-13/h4-7,11H,3,8-10,15H2,1-2H3,(H,16,17). The Bertz CT molecular complexity index is 363. The van der Waals surface area contributed by atoms with E-state index in [1.54, 1.807) is 0 Å². The van der Waals surface area contributed by atoms with Crippen molar-refractivity contribution in [2.45, 2.75) is 26.8 Å². The summed E-state index contributed by atoms with van der Waals surface area (Å²) in [5, 5.41) is 2.84. The van der Waals surface area contributed by atoms with E-state index in [9.17, 15) is 4.79 Å². The van der Waals surface area contributed by atoms with Gasteiger partial charge in [-0.1, -0.05) is 32.4 Å². The van der Waals surface area contributed by atoms with Gasteiger partial charge in [0, 0.05) is 13.1 Å². The molecule has 1 atom stereocenters. The molecule has 0 saturated heterocycles. The van der Waals surface area contributed by atoms with Gasteiger partial charge in [-0.3, -0.25) is 4.79 Å². The molecule has 18 heavy (non-hydrogen) atoms. The number of benzene rings is 1. The Morgan fingerprint density at radius 1 is 1.39 bits per heavy atom. The lowest BCUT2D eigenvalue weighted by atomic mass is 10.1. The topological polar surface area (TPSA) is 64.3 Å². The summed E-state index contributed by atoms with van der Waals surface area (Å²) in [6.07, 6.45) is 1.06. The number of carbonyl (C=O) groups is 1. The van der Waals surface area contributed by atoms with E-state index in [2.05, 4.69) is 19.2 Å². The second-order valence-electron chi connectivity index (χ2n) is 4.45. The number of hydrogen-bond acceptors (Lipinski definition) is 3. The minimum absolute atomic E-state index is 0.0540. The van der Waals surface area contributed by atoms with Gasteiger partial charge in [0.2, 0.25) is 0 Å². The van der Waals surface area contributed by atoms with Crippen LogP contribution >= 0.6 is 0 Å². The summed E-state index contributed by atoms with van der Waals surface area (Å²) >= 11 is 0. The first kappa shape index (κ1) is 14.5. The number of amides is 1. The van der Waals surface area contributed by atoms with Crippen LogP contribution in [0.5, 0.6) is 5.75 Å². The first-order valence-corrected chi connectivity index (χ1v) is 6.34. The van der Waals surface area contributed by atoms with Crippen molar-refractivity contribution in [3.05, 3.63) is 29.8 Å². The maximum absolute atomic E-state index is 11.5. The van der Waals surface area contributed by atoms with Crippen LogP contribution in [-0.4, -0.2) is 19.1 Å². The normalized spacial score (nSPS) is 11.9. The summed E-state index contributed by atoms with van der Waals surface area (Å²) in [6, 6.07) is 7.44. The zero-order valence-corrected chi connectivity index (χ0v) is 11.1. The second-order valence-corrected chi connectivity index (χ2v) is 4.45. The molecule has 4 nitrogen and oxygen atoms in total. The molecule has 1 amide bonds. The van der Waals surface area contributed by atoms with Crippen molar-refractivity contribution >= 4 is 5.91 Å². The monoisotopic (exact) mass is 250 g/mol. The summed E-state index contributed by atoms with van der Waals surface area (Å²) < 4.78 is 5.38. The lowest BCUT2D eigenvalue weighted by Crippen LogP contribution is -2.32. The third-order valence-electron chi connectivity index (χ3n) is 2.87. The van der Waals surface area contributed by atoms with Crippen LogP contribution in [0.4, 0.5) is 0 Å². The van der Waals surface area contributed by atoms with Gasteiger partial charge in [-0.2, -0.15) is 0 Å².